The molecule has 0 aromatic heterocycles. The summed E-state index contributed by atoms with van der Waals surface area (Å²) in [4.78, 5) is 25.0. The summed E-state index contributed by atoms with van der Waals surface area (Å²) in [5, 5.41) is 3.14. The van der Waals surface area contributed by atoms with Crippen LogP contribution < -0.4 is 5.32 Å². The van der Waals surface area contributed by atoms with Gasteiger partial charge in [-0.05, 0) is 26.8 Å². The monoisotopic (exact) mass is 272 g/mol. The fourth-order valence-electron chi connectivity index (χ4n) is 1.93. The number of hydrogen-bond acceptors (Lipinski definition) is 5. The van der Waals surface area contributed by atoms with Crippen LogP contribution in [0.3, 0.4) is 0 Å². The predicted octanol–water partition coefficient (Wildman–Crippen LogP) is 0.167. The lowest BCUT2D eigenvalue weighted by Crippen LogP contribution is -2.49. The van der Waals surface area contributed by atoms with Gasteiger partial charge in [-0.15, -0.1) is 0 Å². The van der Waals surface area contributed by atoms with E-state index in [1.165, 1.54) is 0 Å². The van der Waals surface area contributed by atoms with Crippen LogP contribution in [0.15, 0.2) is 0 Å². The van der Waals surface area contributed by atoms with Gasteiger partial charge in [0.15, 0.2) is 0 Å². The Morgan fingerprint density at radius 1 is 1.37 bits per heavy atom. The highest BCUT2D eigenvalue weighted by Crippen LogP contribution is 2.01. The summed E-state index contributed by atoms with van der Waals surface area (Å²) in [6.07, 6.45) is 1.07. The van der Waals surface area contributed by atoms with E-state index in [0.717, 1.165) is 0 Å². The van der Waals surface area contributed by atoms with Crippen LogP contribution in [0, 0.1) is 0 Å². The molecule has 1 heterocycles. The summed E-state index contributed by atoms with van der Waals surface area (Å²) in [6, 6.07) is -0.222. The normalized spacial score (nSPS) is 17.1. The van der Waals surface area contributed by atoms with E-state index in [0.29, 0.717) is 52.3 Å². The number of hydrogen-bond donors (Lipinski definition) is 1. The van der Waals surface area contributed by atoms with Crippen molar-refractivity contribution < 1.29 is 19.1 Å². The lowest BCUT2D eigenvalue weighted by molar-refractivity contribution is -0.143. The van der Waals surface area contributed by atoms with Crippen LogP contribution in [0.4, 0.5) is 0 Å². The van der Waals surface area contributed by atoms with E-state index in [1.54, 1.807) is 6.92 Å². The Morgan fingerprint density at radius 3 is 2.68 bits per heavy atom. The molecule has 1 fully saturated rings. The molecule has 19 heavy (non-hydrogen) atoms. The standard InChI is InChI=1S/C13H24N2O4/c1-3-19-12(16)5-4-6-14-11(2)13(17)15-7-9-18-10-8-15/h11,14H,3-10H2,1-2H3. The molecule has 0 radical (unpaired) electrons. The first-order chi connectivity index (χ1) is 9.15. The van der Waals surface area contributed by atoms with Crippen molar-refractivity contribution in [2.24, 2.45) is 0 Å². The minimum Gasteiger partial charge on any atom is -0.466 e. The Labute approximate surface area is 114 Å². The third kappa shape index (κ3) is 6.02. The summed E-state index contributed by atoms with van der Waals surface area (Å²) in [5.41, 5.74) is 0. The molecule has 1 N–H and O–H groups in total. The Kier molecular flexibility index (Phi) is 7.43. The average molecular weight is 272 g/mol. The topological polar surface area (TPSA) is 67.9 Å². The molecule has 1 aliphatic rings. The van der Waals surface area contributed by atoms with Gasteiger partial charge in [-0.3, -0.25) is 9.59 Å². The van der Waals surface area contributed by atoms with Crippen molar-refractivity contribution in [3.63, 3.8) is 0 Å². The molecule has 110 valence electrons. The highest BCUT2D eigenvalue weighted by atomic mass is 16.5. The highest BCUT2D eigenvalue weighted by molar-refractivity contribution is 5.81. The van der Waals surface area contributed by atoms with Gasteiger partial charge in [-0.1, -0.05) is 0 Å². The van der Waals surface area contributed by atoms with Crippen LogP contribution in [-0.4, -0.2) is 62.3 Å². The molecule has 0 aromatic rings. The molecule has 1 saturated heterocycles. The lowest BCUT2D eigenvalue weighted by atomic mass is 10.2. The smallest absolute Gasteiger partial charge is 0.305 e. The fraction of sp³-hybridized carbons (Fsp3) is 0.846. The van der Waals surface area contributed by atoms with Gasteiger partial charge in [0.25, 0.3) is 0 Å². The molecule has 1 unspecified atom stereocenters. The first kappa shape index (κ1) is 15.9. The van der Waals surface area contributed by atoms with Gasteiger partial charge in [0.2, 0.25) is 5.91 Å². The number of ether oxygens (including phenoxy) is 2. The maximum atomic E-state index is 12.0. The number of carbonyl (C=O) groups is 2. The van der Waals surface area contributed by atoms with Crippen molar-refractivity contribution in [1.29, 1.82) is 0 Å². The number of nitrogens with one attached hydrogen (secondary N) is 1. The largest absolute Gasteiger partial charge is 0.466 e. The van der Waals surface area contributed by atoms with Crippen molar-refractivity contribution in [3.8, 4) is 0 Å². The lowest BCUT2D eigenvalue weighted by Gasteiger charge is -2.29. The van der Waals surface area contributed by atoms with Crippen LogP contribution in [0.5, 0.6) is 0 Å². The zero-order valence-corrected chi connectivity index (χ0v) is 11.8. The van der Waals surface area contributed by atoms with Crippen molar-refractivity contribution >= 4 is 11.9 Å². The molecule has 6 heteroatoms. The average Bonchev–Trinajstić information content (AvgIpc) is 2.44. The minimum atomic E-state index is -0.222. The summed E-state index contributed by atoms with van der Waals surface area (Å²) in [6.45, 7) is 7.24. The molecule has 0 spiro atoms. The second-order valence-electron chi connectivity index (χ2n) is 4.52. The molecule has 0 bridgehead atoms. The Bertz CT molecular complexity index is 290. The third-order valence-corrected chi connectivity index (χ3v) is 3.01. The van der Waals surface area contributed by atoms with E-state index >= 15 is 0 Å². The minimum absolute atomic E-state index is 0.0967. The van der Waals surface area contributed by atoms with Gasteiger partial charge in [0.1, 0.15) is 0 Å². The SMILES string of the molecule is CCOC(=O)CCCNC(C)C(=O)N1CCOCC1. The van der Waals surface area contributed by atoms with Gasteiger partial charge in [0.05, 0.1) is 25.9 Å². The molecule has 6 nitrogen and oxygen atoms in total. The zero-order valence-electron chi connectivity index (χ0n) is 11.8. The molecule has 0 aliphatic carbocycles. The Balaban J connectivity index is 2.14. The fourth-order valence-corrected chi connectivity index (χ4v) is 1.93. The molecule has 0 aromatic carbocycles. The maximum absolute atomic E-state index is 12.0. The molecule has 0 saturated carbocycles. The van der Waals surface area contributed by atoms with Gasteiger partial charge < -0.3 is 19.7 Å². The number of amides is 1. The van der Waals surface area contributed by atoms with Gasteiger partial charge >= 0.3 is 5.97 Å². The van der Waals surface area contributed by atoms with Crippen molar-refractivity contribution in [2.45, 2.75) is 32.7 Å². The van der Waals surface area contributed by atoms with Gasteiger partial charge in [-0.25, -0.2) is 0 Å². The van der Waals surface area contributed by atoms with E-state index in [-0.39, 0.29) is 17.9 Å². The second-order valence-corrected chi connectivity index (χ2v) is 4.52. The Hall–Kier alpha value is -1.14. The van der Waals surface area contributed by atoms with Crippen molar-refractivity contribution in [2.75, 3.05) is 39.5 Å². The van der Waals surface area contributed by atoms with Crippen LogP contribution in [0.1, 0.15) is 26.7 Å². The number of morpholine rings is 1. The van der Waals surface area contributed by atoms with Crippen molar-refractivity contribution in [1.82, 2.24) is 10.2 Å². The molecular formula is C13H24N2O4. The summed E-state index contributed by atoms with van der Waals surface area (Å²) < 4.78 is 10.0. The summed E-state index contributed by atoms with van der Waals surface area (Å²) >= 11 is 0. The van der Waals surface area contributed by atoms with Gasteiger partial charge in [0, 0.05) is 19.5 Å². The number of nitrogens with zero attached hydrogens (tertiary/aromatic N) is 1. The van der Waals surface area contributed by atoms with E-state index in [2.05, 4.69) is 5.32 Å². The maximum Gasteiger partial charge on any atom is 0.305 e. The number of carbonyl (C=O) groups excluding carboxylic acids is 2. The summed E-state index contributed by atoms with van der Waals surface area (Å²) in [7, 11) is 0. The molecular weight excluding hydrogens is 248 g/mol. The van der Waals surface area contributed by atoms with Gasteiger partial charge in [-0.2, -0.15) is 0 Å². The number of esters is 1. The molecule has 1 amide bonds. The molecule has 1 aliphatic heterocycles. The van der Waals surface area contributed by atoms with E-state index in [4.69, 9.17) is 9.47 Å². The van der Waals surface area contributed by atoms with Crippen LogP contribution in [0.25, 0.3) is 0 Å². The quantitative estimate of drug-likeness (QED) is 0.528. The van der Waals surface area contributed by atoms with E-state index in [1.807, 2.05) is 11.8 Å². The van der Waals surface area contributed by atoms with Crippen LogP contribution in [0.2, 0.25) is 0 Å². The Morgan fingerprint density at radius 2 is 2.05 bits per heavy atom. The first-order valence-corrected chi connectivity index (χ1v) is 6.90. The molecule has 1 rings (SSSR count). The van der Waals surface area contributed by atoms with E-state index in [9.17, 15) is 9.59 Å². The summed E-state index contributed by atoms with van der Waals surface area (Å²) in [5.74, 6) is -0.0871. The third-order valence-electron chi connectivity index (χ3n) is 3.01. The van der Waals surface area contributed by atoms with Crippen LogP contribution >= 0.6 is 0 Å². The predicted molar refractivity (Wildman–Crippen MR) is 70.7 cm³/mol. The van der Waals surface area contributed by atoms with E-state index < -0.39 is 0 Å². The first-order valence-electron chi connectivity index (χ1n) is 6.90. The van der Waals surface area contributed by atoms with Crippen LogP contribution in [-0.2, 0) is 19.1 Å². The number of rotatable bonds is 7. The molecule has 1 atom stereocenters. The highest BCUT2D eigenvalue weighted by Gasteiger charge is 2.21. The zero-order chi connectivity index (χ0) is 14.1. The second kappa shape index (κ2) is 8.87. The van der Waals surface area contributed by atoms with Crippen molar-refractivity contribution in [3.05, 3.63) is 0 Å².